The molecular weight excluding hydrogens is 230 g/mol. The average molecular weight is 253 g/mol. The molecule has 1 saturated carbocycles. The molecule has 0 spiro atoms. The van der Waals surface area contributed by atoms with E-state index in [9.17, 15) is 9.59 Å². The summed E-state index contributed by atoms with van der Waals surface area (Å²) in [6.45, 7) is 5.20. The van der Waals surface area contributed by atoms with Crippen LogP contribution in [0.5, 0.6) is 0 Å². The Balaban J connectivity index is 1.57. The van der Waals surface area contributed by atoms with E-state index < -0.39 is 0 Å². The van der Waals surface area contributed by atoms with Gasteiger partial charge in [0.15, 0.2) is 0 Å². The number of nitrogens with one attached hydrogen (secondary N) is 2. The predicted octanol–water partition coefficient (Wildman–Crippen LogP) is 0.113. The maximum absolute atomic E-state index is 11.9. The molecule has 1 aliphatic heterocycles. The van der Waals surface area contributed by atoms with Crippen molar-refractivity contribution in [3.05, 3.63) is 0 Å². The Morgan fingerprint density at radius 2 is 2.17 bits per heavy atom. The third-order valence-corrected chi connectivity index (χ3v) is 3.54. The zero-order valence-electron chi connectivity index (χ0n) is 11.1. The van der Waals surface area contributed by atoms with Crippen LogP contribution in [0.4, 0.5) is 0 Å². The Hall–Kier alpha value is -1.10. The van der Waals surface area contributed by atoms with Crippen LogP contribution in [0.1, 0.15) is 32.6 Å². The Labute approximate surface area is 108 Å². The second-order valence-electron chi connectivity index (χ2n) is 5.36. The third kappa shape index (κ3) is 3.98. The quantitative estimate of drug-likeness (QED) is 0.684. The first kappa shape index (κ1) is 13.3. The van der Waals surface area contributed by atoms with Crippen molar-refractivity contribution in [2.75, 3.05) is 26.2 Å². The van der Waals surface area contributed by atoms with E-state index >= 15 is 0 Å². The number of hydrogen-bond acceptors (Lipinski definition) is 3. The Morgan fingerprint density at radius 1 is 1.39 bits per heavy atom. The molecule has 2 amide bonds. The van der Waals surface area contributed by atoms with Gasteiger partial charge in [0.2, 0.25) is 11.8 Å². The molecule has 5 nitrogen and oxygen atoms in total. The highest BCUT2D eigenvalue weighted by atomic mass is 16.2. The molecule has 5 heteroatoms. The number of carbonyl (C=O) groups is 2. The van der Waals surface area contributed by atoms with Crippen molar-refractivity contribution in [2.45, 2.75) is 38.6 Å². The largest absolute Gasteiger partial charge is 0.356 e. The van der Waals surface area contributed by atoms with Gasteiger partial charge in [0.1, 0.15) is 0 Å². The summed E-state index contributed by atoms with van der Waals surface area (Å²) in [4.78, 5) is 25.2. The number of piperazine rings is 1. The summed E-state index contributed by atoms with van der Waals surface area (Å²) in [5, 5.41) is 6.21. The van der Waals surface area contributed by atoms with Crippen LogP contribution in [-0.2, 0) is 9.59 Å². The van der Waals surface area contributed by atoms with Crippen LogP contribution >= 0.6 is 0 Å². The first-order chi connectivity index (χ1) is 8.66. The van der Waals surface area contributed by atoms with E-state index in [1.165, 1.54) is 0 Å². The maximum Gasteiger partial charge on any atom is 0.223 e. The van der Waals surface area contributed by atoms with Crippen LogP contribution in [0.15, 0.2) is 0 Å². The minimum absolute atomic E-state index is 0.165. The Bertz CT molecular complexity index is 315. The predicted molar refractivity (Wildman–Crippen MR) is 69.0 cm³/mol. The molecule has 2 fully saturated rings. The van der Waals surface area contributed by atoms with Crippen LogP contribution in [0.25, 0.3) is 0 Å². The molecular formula is C13H23N3O2. The highest BCUT2D eigenvalue weighted by Gasteiger charge is 2.29. The van der Waals surface area contributed by atoms with Crippen molar-refractivity contribution in [3.8, 4) is 0 Å². The highest BCUT2D eigenvalue weighted by Crippen LogP contribution is 2.28. The molecule has 0 aromatic heterocycles. The van der Waals surface area contributed by atoms with E-state index in [1.54, 1.807) is 0 Å². The van der Waals surface area contributed by atoms with Crippen molar-refractivity contribution >= 4 is 11.8 Å². The zero-order chi connectivity index (χ0) is 13.0. The van der Waals surface area contributed by atoms with E-state index in [4.69, 9.17) is 0 Å². The standard InChI is InChI=1S/C13H23N3O2/c1-10-9-16(8-7-14-10)12(17)3-2-6-15-13(18)11-4-5-11/h10-11,14H,2-9H2,1H3,(H,15,18). The minimum atomic E-state index is 0.165. The summed E-state index contributed by atoms with van der Waals surface area (Å²) >= 11 is 0. The molecule has 1 atom stereocenters. The van der Waals surface area contributed by atoms with Gasteiger partial charge in [-0.1, -0.05) is 0 Å². The number of rotatable bonds is 5. The molecule has 1 heterocycles. The van der Waals surface area contributed by atoms with Gasteiger partial charge < -0.3 is 15.5 Å². The fourth-order valence-corrected chi connectivity index (χ4v) is 2.26. The first-order valence-electron chi connectivity index (χ1n) is 6.95. The summed E-state index contributed by atoms with van der Waals surface area (Å²) in [7, 11) is 0. The van der Waals surface area contributed by atoms with E-state index in [2.05, 4.69) is 17.6 Å². The van der Waals surface area contributed by atoms with Crippen LogP contribution in [0, 0.1) is 5.92 Å². The monoisotopic (exact) mass is 253 g/mol. The van der Waals surface area contributed by atoms with Crippen molar-refractivity contribution < 1.29 is 9.59 Å². The SMILES string of the molecule is CC1CN(C(=O)CCCNC(=O)C2CC2)CCN1. The Kier molecular flexibility index (Phi) is 4.58. The first-order valence-corrected chi connectivity index (χ1v) is 6.95. The normalized spacial score (nSPS) is 23.8. The molecule has 1 unspecified atom stereocenters. The minimum Gasteiger partial charge on any atom is -0.356 e. The molecule has 1 aliphatic carbocycles. The molecule has 2 aliphatic rings. The van der Waals surface area contributed by atoms with Crippen molar-refractivity contribution in [3.63, 3.8) is 0 Å². The molecule has 102 valence electrons. The van der Waals surface area contributed by atoms with Gasteiger partial charge in [0.05, 0.1) is 0 Å². The van der Waals surface area contributed by atoms with E-state index in [0.717, 1.165) is 38.9 Å². The van der Waals surface area contributed by atoms with Crippen LogP contribution in [-0.4, -0.2) is 48.9 Å². The summed E-state index contributed by atoms with van der Waals surface area (Å²) < 4.78 is 0. The van der Waals surface area contributed by atoms with Crippen LogP contribution < -0.4 is 10.6 Å². The molecule has 0 aromatic carbocycles. The summed E-state index contributed by atoms with van der Waals surface area (Å²) in [5.74, 6) is 0.636. The third-order valence-electron chi connectivity index (χ3n) is 3.54. The smallest absolute Gasteiger partial charge is 0.223 e. The lowest BCUT2D eigenvalue weighted by Gasteiger charge is -2.32. The molecule has 0 bridgehead atoms. The van der Waals surface area contributed by atoms with Crippen LogP contribution in [0.3, 0.4) is 0 Å². The average Bonchev–Trinajstić information content (AvgIpc) is 3.18. The number of nitrogens with zero attached hydrogens (tertiary/aromatic N) is 1. The maximum atomic E-state index is 11.9. The second-order valence-corrected chi connectivity index (χ2v) is 5.36. The van der Waals surface area contributed by atoms with Gasteiger partial charge in [-0.15, -0.1) is 0 Å². The number of hydrogen-bond donors (Lipinski definition) is 2. The van der Waals surface area contributed by atoms with E-state index in [-0.39, 0.29) is 17.7 Å². The summed E-state index contributed by atoms with van der Waals surface area (Å²) in [5.41, 5.74) is 0. The van der Waals surface area contributed by atoms with Gasteiger partial charge >= 0.3 is 0 Å². The fourth-order valence-electron chi connectivity index (χ4n) is 2.26. The van der Waals surface area contributed by atoms with Crippen molar-refractivity contribution in [1.29, 1.82) is 0 Å². The lowest BCUT2D eigenvalue weighted by molar-refractivity contribution is -0.132. The molecule has 2 rings (SSSR count). The zero-order valence-corrected chi connectivity index (χ0v) is 11.1. The second kappa shape index (κ2) is 6.18. The van der Waals surface area contributed by atoms with Gasteiger partial charge in [0.25, 0.3) is 0 Å². The van der Waals surface area contributed by atoms with E-state index in [0.29, 0.717) is 19.0 Å². The highest BCUT2D eigenvalue weighted by molar-refractivity contribution is 5.81. The van der Waals surface area contributed by atoms with Crippen molar-refractivity contribution in [2.24, 2.45) is 5.92 Å². The fraction of sp³-hybridized carbons (Fsp3) is 0.846. The molecule has 0 aromatic rings. The topological polar surface area (TPSA) is 61.4 Å². The van der Waals surface area contributed by atoms with Crippen LogP contribution in [0.2, 0.25) is 0 Å². The lowest BCUT2D eigenvalue weighted by atomic mass is 10.2. The molecule has 2 N–H and O–H groups in total. The number of amides is 2. The van der Waals surface area contributed by atoms with Gasteiger partial charge in [-0.3, -0.25) is 9.59 Å². The number of carbonyl (C=O) groups excluding carboxylic acids is 2. The molecule has 18 heavy (non-hydrogen) atoms. The van der Waals surface area contributed by atoms with Gasteiger partial charge in [-0.05, 0) is 26.2 Å². The van der Waals surface area contributed by atoms with Crippen molar-refractivity contribution in [1.82, 2.24) is 15.5 Å². The summed E-state index contributed by atoms with van der Waals surface area (Å²) in [6, 6.07) is 0.386. The van der Waals surface area contributed by atoms with E-state index in [1.807, 2.05) is 4.90 Å². The Morgan fingerprint density at radius 3 is 2.83 bits per heavy atom. The van der Waals surface area contributed by atoms with Gasteiger partial charge in [0, 0.05) is 44.6 Å². The van der Waals surface area contributed by atoms with Gasteiger partial charge in [-0.2, -0.15) is 0 Å². The molecule has 0 radical (unpaired) electrons. The molecule has 1 saturated heterocycles. The lowest BCUT2D eigenvalue weighted by Crippen LogP contribution is -2.51. The summed E-state index contributed by atoms with van der Waals surface area (Å²) in [6.07, 6.45) is 3.35. The van der Waals surface area contributed by atoms with Gasteiger partial charge in [-0.25, -0.2) is 0 Å².